The van der Waals surface area contributed by atoms with E-state index in [2.05, 4.69) is 41.8 Å². The minimum Gasteiger partial charge on any atom is -0.491 e. The summed E-state index contributed by atoms with van der Waals surface area (Å²) in [5.41, 5.74) is 1.71. The predicted octanol–water partition coefficient (Wildman–Crippen LogP) is 2.77. The molecule has 0 atom stereocenters. The van der Waals surface area contributed by atoms with Crippen LogP contribution in [0.2, 0.25) is 0 Å². The Morgan fingerprint density at radius 3 is 2.68 bits per heavy atom. The molecule has 0 N–H and O–H groups in total. The quantitative estimate of drug-likeness (QED) is 0.755. The number of benzene rings is 1. The summed E-state index contributed by atoms with van der Waals surface area (Å²) in [5.74, 6) is 0.936. The Morgan fingerprint density at radius 2 is 2.00 bits per heavy atom. The summed E-state index contributed by atoms with van der Waals surface area (Å²) in [6, 6.07) is 9.12. The van der Waals surface area contributed by atoms with Crippen molar-refractivity contribution >= 4 is 5.69 Å². The molecule has 22 heavy (non-hydrogen) atoms. The van der Waals surface area contributed by atoms with Gasteiger partial charge in [-0.15, -0.1) is 0 Å². The largest absolute Gasteiger partial charge is 0.491 e. The Bertz CT molecular complexity index is 500. The number of piperazine rings is 1. The van der Waals surface area contributed by atoms with Gasteiger partial charge in [0.05, 0.1) is 6.61 Å². The highest BCUT2D eigenvalue weighted by Gasteiger charge is 2.51. The molecular weight excluding hydrogens is 276 g/mol. The molecule has 0 aromatic heterocycles. The van der Waals surface area contributed by atoms with E-state index in [-0.39, 0.29) is 0 Å². The fourth-order valence-corrected chi connectivity index (χ4v) is 3.62. The molecule has 2 fully saturated rings. The summed E-state index contributed by atoms with van der Waals surface area (Å²) in [4.78, 5) is 5.22. The normalized spacial score (nSPS) is 20.6. The molecule has 1 aromatic carbocycles. The van der Waals surface area contributed by atoms with Crippen molar-refractivity contribution in [2.24, 2.45) is 0 Å². The SMILES string of the molecule is COCCOc1cccc(N2CCN(C(C)C)C3(CC3)C2)c1. The zero-order valence-corrected chi connectivity index (χ0v) is 14.0. The summed E-state index contributed by atoms with van der Waals surface area (Å²) >= 11 is 0. The first kappa shape index (κ1) is 15.6. The number of hydrogen-bond acceptors (Lipinski definition) is 4. The van der Waals surface area contributed by atoms with E-state index in [0.29, 0.717) is 24.8 Å². The maximum absolute atomic E-state index is 5.74. The van der Waals surface area contributed by atoms with Gasteiger partial charge < -0.3 is 14.4 Å². The fraction of sp³-hybridized carbons (Fsp3) is 0.667. The second-order valence-corrected chi connectivity index (χ2v) is 6.77. The van der Waals surface area contributed by atoms with Crippen LogP contribution in [-0.2, 0) is 4.74 Å². The molecule has 1 aromatic rings. The van der Waals surface area contributed by atoms with Crippen molar-refractivity contribution in [2.45, 2.75) is 38.3 Å². The van der Waals surface area contributed by atoms with Crippen LogP contribution in [0, 0.1) is 0 Å². The molecule has 1 aliphatic carbocycles. The summed E-state index contributed by atoms with van der Waals surface area (Å²) in [6.45, 7) is 9.27. The lowest BCUT2D eigenvalue weighted by Gasteiger charge is -2.45. The Labute approximate surface area is 134 Å². The summed E-state index contributed by atoms with van der Waals surface area (Å²) in [5, 5.41) is 0. The van der Waals surface area contributed by atoms with Crippen molar-refractivity contribution in [1.82, 2.24) is 4.90 Å². The standard InChI is InChI=1S/C18H28N2O2/c1-15(2)20-10-9-19(14-18(20)7-8-18)16-5-4-6-17(13-16)22-12-11-21-3/h4-6,13,15H,7-12,14H2,1-3H3. The minimum absolute atomic E-state index is 0.430. The molecule has 1 aliphatic heterocycles. The molecule has 4 heteroatoms. The van der Waals surface area contributed by atoms with Crippen LogP contribution < -0.4 is 9.64 Å². The Morgan fingerprint density at radius 1 is 1.18 bits per heavy atom. The third kappa shape index (κ3) is 3.23. The number of anilines is 1. The van der Waals surface area contributed by atoms with Crippen molar-refractivity contribution in [2.75, 3.05) is 44.9 Å². The fourth-order valence-electron chi connectivity index (χ4n) is 3.62. The molecule has 122 valence electrons. The van der Waals surface area contributed by atoms with E-state index in [4.69, 9.17) is 9.47 Å². The average molecular weight is 304 g/mol. The Kier molecular flexibility index (Phi) is 4.59. The number of nitrogens with zero attached hydrogens (tertiary/aromatic N) is 2. The number of methoxy groups -OCH3 is 1. The number of ether oxygens (including phenoxy) is 2. The van der Waals surface area contributed by atoms with Gasteiger partial charge in [-0.3, -0.25) is 4.90 Å². The molecular formula is C18H28N2O2. The molecule has 0 radical (unpaired) electrons. The number of rotatable bonds is 6. The zero-order valence-electron chi connectivity index (χ0n) is 14.0. The van der Waals surface area contributed by atoms with Gasteiger partial charge >= 0.3 is 0 Å². The average Bonchev–Trinajstić information content (AvgIpc) is 3.27. The molecule has 1 saturated heterocycles. The maximum atomic E-state index is 5.74. The van der Waals surface area contributed by atoms with E-state index in [9.17, 15) is 0 Å². The van der Waals surface area contributed by atoms with Crippen LogP contribution in [0.1, 0.15) is 26.7 Å². The van der Waals surface area contributed by atoms with Gasteiger partial charge in [-0.2, -0.15) is 0 Å². The summed E-state index contributed by atoms with van der Waals surface area (Å²) in [6.07, 6.45) is 2.68. The zero-order chi connectivity index (χ0) is 15.6. The van der Waals surface area contributed by atoms with E-state index < -0.39 is 0 Å². The van der Waals surface area contributed by atoms with Crippen molar-refractivity contribution in [3.63, 3.8) is 0 Å². The third-order valence-corrected chi connectivity index (χ3v) is 4.89. The monoisotopic (exact) mass is 304 g/mol. The van der Waals surface area contributed by atoms with Crippen molar-refractivity contribution < 1.29 is 9.47 Å². The Balaban J connectivity index is 1.66. The third-order valence-electron chi connectivity index (χ3n) is 4.89. The summed E-state index contributed by atoms with van der Waals surface area (Å²) in [7, 11) is 1.70. The minimum atomic E-state index is 0.430. The van der Waals surface area contributed by atoms with Crippen LogP contribution in [0.25, 0.3) is 0 Å². The van der Waals surface area contributed by atoms with Gasteiger partial charge in [0.1, 0.15) is 12.4 Å². The van der Waals surface area contributed by atoms with Crippen LogP contribution in [0.15, 0.2) is 24.3 Å². The highest BCUT2D eigenvalue weighted by Crippen LogP contribution is 2.46. The Hall–Kier alpha value is -1.26. The topological polar surface area (TPSA) is 24.9 Å². The van der Waals surface area contributed by atoms with Crippen LogP contribution in [0.3, 0.4) is 0 Å². The van der Waals surface area contributed by atoms with Gasteiger partial charge in [-0.25, -0.2) is 0 Å². The van der Waals surface area contributed by atoms with Crippen LogP contribution in [-0.4, -0.2) is 56.4 Å². The van der Waals surface area contributed by atoms with Gasteiger partial charge in [0.25, 0.3) is 0 Å². The van der Waals surface area contributed by atoms with Gasteiger partial charge in [-0.05, 0) is 38.8 Å². The van der Waals surface area contributed by atoms with Crippen LogP contribution >= 0.6 is 0 Å². The lowest BCUT2D eigenvalue weighted by molar-refractivity contribution is 0.119. The van der Waals surface area contributed by atoms with Gasteiger partial charge in [0, 0.05) is 50.1 Å². The molecule has 3 rings (SSSR count). The molecule has 1 saturated carbocycles. The lowest BCUT2D eigenvalue weighted by Crippen LogP contribution is -2.57. The molecule has 1 spiro atoms. The number of hydrogen-bond donors (Lipinski definition) is 0. The van der Waals surface area contributed by atoms with Crippen LogP contribution in [0.4, 0.5) is 5.69 Å². The van der Waals surface area contributed by atoms with Gasteiger partial charge in [-0.1, -0.05) is 6.07 Å². The van der Waals surface area contributed by atoms with Gasteiger partial charge in [0.15, 0.2) is 0 Å². The highest BCUT2D eigenvalue weighted by atomic mass is 16.5. The van der Waals surface area contributed by atoms with E-state index in [1.165, 1.54) is 18.5 Å². The first-order valence-electron chi connectivity index (χ1n) is 8.38. The molecule has 1 heterocycles. The second kappa shape index (κ2) is 6.47. The lowest BCUT2D eigenvalue weighted by atomic mass is 10.1. The molecule has 0 unspecified atom stereocenters. The van der Waals surface area contributed by atoms with E-state index in [0.717, 1.165) is 25.4 Å². The predicted molar refractivity (Wildman–Crippen MR) is 89.8 cm³/mol. The first-order valence-corrected chi connectivity index (χ1v) is 8.38. The molecule has 4 nitrogen and oxygen atoms in total. The van der Waals surface area contributed by atoms with E-state index in [1.807, 2.05) is 6.07 Å². The highest BCUT2D eigenvalue weighted by molar-refractivity contribution is 5.52. The van der Waals surface area contributed by atoms with Crippen molar-refractivity contribution in [3.05, 3.63) is 24.3 Å². The van der Waals surface area contributed by atoms with Crippen molar-refractivity contribution in [3.8, 4) is 5.75 Å². The van der Waals surface area contributed by atoms with Crippen molar-refractivity contribution in [1.29, 1.82) is 0 Å². The second-order valence-electron chi connectivity index (χ2n) is 6.77. The van der Waals surface area contributed by atoms with Gasteiger partial charge in [0.2, 0.25) is 0 Å². The van der Waals surface area contributed by atoms with Crippen LogP contribution in [0.5, 0.6) is 5.75 Å². The molecule has 0 amide bonds. The smallest absolute Gasteiger partial charge is 0.121 e. The summed E-state index contributed by atoms with van der Waals surface area (Å²) < 4.78 is 10.8. The van der Waals surface area contributed by atoms with E-state index in [1.54, 1.807) is 7.11 Å². The van der Waals surface area contributed by atoms with E-state index >= 15 is 0 Å². The maximum Gasteiger partial charge on any atom is 0.121 e. The first-order chi connectivity index (χ1) is 10.6. The molecule has 2 aliphatic rings. The molecule has 0 bridgehead atoms.